The van der Waals surface area contributed by atoms with Crippen LogP contribution in [0, 0.1) is 0 Å². The first-order valence-corrected chi connectivity index (χ1v) is 17.0. The fourth-order valence-electron chi connectivity index (χ4n) is 7.43. The number of fused-ring (bicyclic) bond motifs is 9. The molecule has 2 aliphatic rings. The third kappa shape index (κ3) is 4.35. The Morgan fingerprint density at radius 3 is 1.94 bits per heavy atom. The summed E-state index contributed by atoms with van der Waals surface area (Å²) in [5, 5.41) is 7.74. The number of hydrogen-bond acceptors (Lipinski definition) is 3. The molecule has 10 rings (SSSR count). The Bertz CT molecular complexity index is 2630. The van der Waals surface area contributed by atoms with Gasteiger partial charge in [-0.1, -0.05) is 127 Å². The predicted molar refractivity (Wildman–Crippen MR) is 199 cm³/mol. The summed E-state index contributed by atoms with van der Waals surface area (Å²) in [6.07, 6.45) is 8.98. The molecular formula is C44H28N2S. The molecule has 8 aromatic rings. The van der Waals surface area contributed by atoms with Gasteiger partial charge in [0.05, 0.1) is 22.4 Å². The van der Waals surface area contributed by atoms with Gasteiger partial charge in [-0.25, -0.2) is 9.97 Å². The van der Waals surface area contributed by atoms with Crippen molar-refractivity contribution >= 4 is 55.1 Å². The normalized spacial score (nSPS) is 16.7. The fraction of sp³-hybridized carbons (Fsp3) is 0.0455. The van der Waals surface area contributed by atoms with E-state index in [9.17, 15) is 0 Å². The lowest BCUT2D eigenvalue weighted by Crippen LogP contribution is -2.06. The van der Waals surface area contributed by atoms with Crippen LogP contribution in [0.25, 0.3) is 77.0 Å². The zero-order valence-electron chi connectivity index (χ0n) is 25.5. The topological polar surface area (TPSA) is 25.8 Å². The molecule has 2 atom stereocenters. The predicted octanol–water partition coefficient (Wildman–Crippen LogP) is 11.8. The number of benzene rings is 6. The van der Waals surface area contributed by atoms with Gasteiger partial charge in [0.15, 0.2) is 0 Å². The van der Waals surface area contributed by atoms with Crippen LogP contribution >= 0.6 is 11.8 Å². The minimum absolute atomic E-state index is 0.462. The van der Waals surface area contributed by atoms with Gasteiger partial charge in [-0.05, 0) is 68.6 Å². The second-order valence-electron chi connectivity index (χ2n) is 12.5. The van der Waals surface area contributed by atoms with Crippen molar-refractivity contribution in [2.24, 2.45) is 0 Å². The van der Waals surface area contributed by atoms with Gasteiger partial charge in [0.25, 0.3) is 0 Å². The zero-order valence-corrected chi connectivity index (χ0v) is 26.3. The van der Waals surface area contributed by atoms with Crippen LogP contribution < -0.4 is 0 Å². The van der Waals surface area contributed by atoms with E-state index < -0.39 is 0 Å². The van der Waals surface area contributed by atoms with Crippen molar-refractivity contribution < 1.29 is 0 Å². The Hall–Kier alpha value is -5.51. The van der Waals surface area contributed by atoms with Crippen molar-refractivity contribution in [2.45, 2.75) is 16.1 Å². The lowest BCUT2D eigenvalue weighted by Gasteiger charge is -2.14. The smallest absolute Gasteiger partial charge is 0.0972 e. The van der Waals surface area contributed by atoms with Crippen molar-refractivity contribution in [3.63, 3.8) is 0 Å². The van der Waals surface area contributed by atoms with Crippen LogP contribution in [0.4, 0.5) is 0 Å². The number of allylic oxidation sites excluding steroid dienone is 3. The highest BCUT2D eigenvalue weighted by atomic mass is 32.2. The van der Waals surface area contributed by atoms with Crippen molar-refractivity contribution in [3.8, 4) is 33.6 Å². The number of pyridine rings is 2. The number of nitrogens with zero attached hydrogens (tertiary/aromatic N) is 2. The van der Waals surface area contributed by atoms with Gasteiger partial charge in [0.1, 0.15) is 0 Å². The van der Waals surface area contributed by atoms with Crippen LogP contribution in [-0.2, 0) is 0 Å². The molecule has 3 heteroatoms. The van der Waals surface area contributed by atoms with Crippen molar-refractivity contribution in [2.75, 3.05) is 0 Å². The molecule has 0 bridgehead atoms. The van der Waals surface area contributed by atoms with Crippen LogP contribution in [-0.4, -0.2) is 15.2 Å². The highest BCUT2D eigenvalue weighted by Gasteiger charge is 2.31. The molecule has 0 saturated heterocycles. The average molecular weight is 617 g/mol. The molecule has 1 aliphatic heterocycles. The van der Waals surface area contributed by atoms with Crippen LogP contribution in [0.2, 0.25) is 0 Å². The van der Waals surface area contributed by atoms with E-state index in [1.54, 1.807) is 0 Å². The first kappa shape index (κ1) is 26.7. The average Bonchev–Trinajstić information content (AvgIpc) is 3.52. The van der Waals surface area contributed by atoms with Gasteiger partial charge in [0, 0.05) is 38.0 Å². The Morgan fingerprint density at radius 1 is 0.468 bits per heavy atom. The molecule has 0 amide bonds. The van der Waals surface area contributed by atoms with Crippen molar-refractivity contribution in [3.05, 3.63) is 163 Å². The van der Waals surface area contributed by atoms with E-state index in [0.717, 1.165) is 44.3 Å². The second-order valence-corrected chi connectivity index (χ2v) is 13.7. The zero-order chi connectivity index (χ0) is 30.9. The molecule has 2 nitrogen and oxygen atoms in total. The Kier molecular flexibility index (Phi) is 5.97. The van der Waals surface area contributed by atoms with Gasteiger partial charge < -0.3 is 0 Å². The first-order valence-electron chi connectivity index (χ1n) is 16.1. The quantitative estimate of drug-likeness (QED) is 0.185. The van der Waals surface area contributed by atoms with E-state index in [1.807, 2.05) is 11.8 Å². The van der Waals surface area contributed by atoms with Crippen LogP contribution in [0.3, 0.4) is 0 Å². The van der Waals surface area contributed by atoms with Gasteiger partial charge in [-0.15, -0.1) is 11.8 Å². The summed E-state index contributed by atoms with van der Waals surface area (Å²) in [4.78, 5) is 11.9. The summed E-state index contributed by atoms with van der Waals surface area (Å²) < 4.78 is 0. The van der Waals surface area contributed by atoms with Crippen LogP contribution in [0.15, 0.2) is 163 Å². The molecule has 47 heavy (non-hydrogen) atoms. The van der Waals surface area contributed by atoms with Gasteiger partial charge in [-0.2, -0.15) is 0 Å². The number of thioether (sulfide) groups is 1. The first-order chi connectivity index (χ1) is 23.3. The molecule has 220 valence electrons. The summed E-state index contributed by atoms with van der Waals surface area (Å²) in [5.74, 6) is 0.462. The highest BCUT2D eigenvalue weighted by molar-refractivity contribution is 8.00. The maximum Gasteiger partial charge on any atom is 0.0972 e. The van der Waals surface area contributed by atoms with Gasteiger partial charge in [0.2, 0.25) is 0 Å². The SMILES string of the molecule is C1=CC2Sc3cc(-c4ccc5ccc6ccc(-c7cccc(-c8cc9ccccc9c9ccccc89)c7)nc6c5n4)ccc3C2C=C1. The highest BCUT2D eigenvalue weighted by Crippen LogP contribution is 2.49. The van der Waals surface area contributed by atoms with Gasteiger partial charge in [-0.3, -0.25) is 0 Å². The van der Waals surface area contributed by atoms with Crippen molar-refractivity contribution in [1.29, 1.82) is 0 Å². The molecule has 1 aliphatic carbocycles. The molecule has 0 radical (unpaired) electrons. The lowest BCUT2D eigenvalue weighted by atomic mass is 9.91. The minimum atomic E-state index is 0.462. The molecule has 2 unspecified atom stereocenters. The largest absolute Gasteiger partial charge is 0.245 e. The Balaban J connectivity index is 1.08. The standard InChI is InChI=1S/C44H28N2S/c1-2-11-33-30(8-1)25-38(35-13-4-3-12-34(33)35)29-9-7-10-31(24-29)39-22-19-27-16-17-28-20-23-40(46-44(28)43(27)45-39)32-18-21-37-36-14-5-6-15-41(36)47-42(37)26-32/h1-26,36,41H. The van der Waals surface area contributed by atoms with Crippen LogP contribution in [0.1, 0.15) is 11.5 Å². The minimum Gasteiger partial charge on any atom is -0.245 e. The summed E-state index contributed by atoms with van der Waals surface area (Å²) in [7, 11) is 0. The summed E-state index contributed by atoms with van der Waals surface area (Å²) >= 11 is 1.96. The van der Waals surface area contributed by atoms with E-state index >= 15 is 0 Å². The molecule has 0 saturated carbocycles. The van der Waals surface area contributed by atoms with E-state index in [4.69, 9.17) is 9.97 Å². The van der Waals surface area contributed by atoms with E-state index in [2.05, 4.69) is 158 Å². The van der Waals surface area contributed by atoms with Crippen molar-refractivity contribution in [1.82, 2.24) is 9.97 Å². The molecule has 6 aromatic carbocycles. The number of aromatic nitrogens is 2. The van der Waals surface area contributed by atoms with E-state index in [0.29, 0.717) is 11.2 Å². The fourth-order valence-corrected chi connectivity index (χ4v) is 8.81. The molecule has 3 heterocycles. The molecule has 0 N–H and O–H groups in total. The molecular weight excluding hydrogens is 589 g/mol. The number of hydrogen-bond donors (Lipinski definition) is 0. The lowest BCUT2D eigenvalue weighted by molar-refractivity contribution is 0.881. The summed E-state index contributed by atoms with van der Waals surface area (Å²) in [6, 6.07) is 48.3. The second kappa shape index (κ2) is 10.5. The maximum absolute atomic E-state index is 5.28. The third-order valence-corrected chi connectivity index (χ3v) is 11.1. The summed E-state index contributed by atoms with van der Waals surface area (Å²) in [6.45, 7) is 0. The molecule has 0 spiro atoms. The van der Waals surface area contributed by atoms with E-state index in [-0.39, 0.29) is 0 Å². The molecule has 2 aromatic heterocycles. The maximum atomic E-state index is 5.28. The molecule has 0 fully saturated rings. The third-order valence-electron chi connectivity index (χ3n) is 9.77. The monoisotopic (exact) mass is 616 g/mol. The van der Waals surface area contributed by atoms with E-state index in [1.165, 1.54) is 43.1 Å². The number of rotatable bonds is 3. The van der Waals surface area contributed by atoms with Crippen LogP contribution in [0.5, 0.6) is 0 Å². The Labute approximate surface area is 277 Å². The Morgan fingerprint density at radius 2 is 1.13 bits per heavy atom. The van der Waals surface area contributed by atoms with Gasteiger partial charge >= 0.3 is 0 Å². The summed E-state index contributed by atoms with van der Waals surface area (Å²) in [5.41, 5.74) is 9.87.